The summed E-state index contributed by atoms with van der Waals surface area (Å²) >= 11 is 0. The Morgan fingerprint density at radius 1 is 1.26 bits per heavy atom. The summed E-state index contributed by atoms with van der Waals surface area (Å²) in [5.74, 6) is 0.0527. The molecule has 9 heteroatoms. The average molecular weight is 482 g/mol. The predicted octanol–water partition coefficient (Wildman–Crippen LogP) is 3.44. The van der Waals surface area contributed by atoms with Crippen LogP contribution in [0, 0.1) is 5.41 Å². The van der Waals surface area contributed by atoms with E-state index in [0.29, 0.717) is 38.7 Å². The second-order valence-electron chi connectivity index (χ2n) is 10.0. The number of hydrogen-bond acceptors (Lipinski definition) is 7. The Labute approximate surface area is 203 Å². The lowest BCUT2D eigenvalue weighted by atomic mass is 9.85. The van der Waals surface area contributed by atoms with Gasteiger partial charge in [0.25, 0.3) is 0 Å². The molecule has 0 saturated carbocycles. The second kappa shape index (κ2) is 9.13. The Hall–Kier alpha value is -3.17. The lowest BCUT2D eigenvalue weighted by Crippen LogP contribution is -2.35. The zero-order valence-corrected chi connectivity index (χ0v) is 20.6. The van der Waals surface area contributed by atoms with Gasteiger partial charge in [-0.05, 0) is 18.4 Å². The van der Waals surface area contributed by atoms with Crippen LogP contribution in [0.4, 0.5) is 0 Å². The van der Waals surface area contributed by atoms with Gasteiger partial charge in [0.15, 0.2) is 5.43 Å². The summed E-state index contributed by atoms with van der Waals surface area (Å²) in [7, 11) is 0. The number of hydrogen-bond donors (Lipinski definition) is 0. The monoisotopic (exact) mass is 481 g/mol. The van der Waals surface area contributed by atoms with Gasteiger partial charge < -0.3 is 23.5 Å². The molecule has 2 aliphatic heterocycles. The standard InChI is InChI=1S/C26H31N3O6/c1-5-33-25(31)18-12-28-19(11-20(18)30)24-17-7-6-8-21(35-15-16-14-32-9-10-34-16)23(17)27-29(24)13-22(28)26(2,3)4/h6-8,11-12,16,22H,5,9-10,13-15H2,1-4H3. The van der Waals surface area contributed by atoms with Gasteiger partial charge in [-0.2, -0.15) is 5.10 Å². The third-order valence-electron chi connectivity index (χ3n) is 6.54. The fraction of sp³-hybridized carbons (Fsp3) is 0.500. The minimum Gasteiger partial charge on any atom is -0.488 e. The fourth-order valence-electron chi connectivity index (χ4n) is 4.76. The first-order chi connectivity index (χ1) is 16.8. The number of carbonyl (C=O) groups excluding carboxylic acids is 1. The molecule has 3 aromatic rings. The number of rotatable bonds is 5. The Balaban J connectivity index is 1.61. The van der Waals surface area contributed by atoms with Gasteiger partial charge in [-0.15, -0.1) is 0 Å². The summed E-state index contributed by atoms with van der Waals surface area (Å²) in [4.78, 5) is 25.5. The fourth-order valence-corrected chi connectivity index (χ4v) is 4.76. The van der Waals surface area contributed by atoms with E-state index in [-0.39, 0.29) is 35.2 Å². The third-order valence-corrected chi connectivity index (χ3v) is 6.54. The van der Waals surface area contributed by atoms with Crippen LogP contribution in [0.25, 0.3) is 22.3 Å². The molecule has 1 aromatic carbocycles. The lowest BCUT2D eigenvalue weighted by molar-refractivity contribution is -0.101. The van der Waals surface area contributed by atoms with Crippen molar-refractivity contribution < 1.29 is 23.7 Å². The van der Waals surface area contributed by atoms with E-state index in [2.05, 4.69) is 20.8 Å². The topological polar surface area (TPSA) is 93.8 Å². The van der Waals surface area contributed by atoms with Crippen LogP contribution >= 0.6 is 0 Å². The highest BCUT2D eigenvalue weighted by Gasteiger charge is 2.35. The van der Waals surface area contributed by atoms with Crippen molar-refractivity contribution in [2.45, 2.75) is 46.4 Å². The maximum absolute atomic E-state index is 13.0. The minimum absolute atomic E-state index is 0.0368. The highest BCUT2D eigenvalue weighted by Crippen LogP contribution is 2.43. The summed E-state index contributed by atoms with van der Waals surface area (Å²) in [5, 5.41) is 5.79. The highest BCUT2D eigenvalue weighted by atomic mass is 16.6. The Morgan fingerprint density at radius 3 is 2.80 bits per heavy atom. The average Bonchev–Trinajstić information content (AvgIpc) is 3.21. The maximum atomic E-state index is 13.0. The van der Waals surface area contributed by atoms with E-state index in [1.807, 2.05) is 27.4 Å². The molecular weight excluding hydrogens is 450 g/mol. The molecule has 0 spiro atoms. The van der Waals surface area contributed by atoms with Gasteiger partial charge in [0.1, 0.15) is 29.5 Å². The van der Waals surface area contributed by atoms with Crippen molar-refractivity contribution in [2.75, 3.05) is 33.0 Å². The number of nitrogens with zero attached hydrogens (tertiary/aromatic N) is 3. The van der Waals surface area contributed by atoms with Crippen molar-refractivity contribution in [1.82, 2.24) is 14.3 Å². The van der Waals surface area contributed by atoms with E-state index >= 15 is 0 Å². The molecule has 2 aliphatic rings. The first kappa shape index (κ1) is 23.6. The molecule has 0 bridgehead atoms. The van der Waals surface area contributed by atoms with Crippen LogP contribution in [0.5, 0.6) is 5.75 Å². The van der Waals surface area contributed by atoms with Gasteiger partial charge in [-0.1, -0.05) is 32.9 Å². The van der Waals surface area contributed by atoms with Gasteiger partial charge in [0, 0.05) is 17.6 Å². The van der Waals surface area contributed by atoms with E-state index in [1.54, 1.807) is 13.1 Å². The number of pyridine rings is 1. The second-order valence-corrected chi connectivity index (χ2v) is 10.0. The van der Waals surface area contributed by atoms with Gasteiger partial charge in [0.05, 0.1) is 50.4 Å². The number of aromatic nitrogens is 3. The molecule has 186 valence electrons. The smallest absolute Gasteiger partial charge is 0.343 e. The Bertz CT molecular complexity index is 1310. The highest BCUT2D eigenvalue weighted by molar-refractivity contribution is 5.97. The van der Waals surface area contributed by atoms with Gasteiger partial charge >= 0.3 is 5.97 Å². The SMILES string of the molecule is CCOC(=O)c1cn2c(cc1=O)-c1c3cccc(OCC4COCCO4)c3nn1CC2C(C)(C)C. The molecule has 1 fully saturated rings. The van der Waals surface area contributed by atoms with Crippen molar-refractivity contribution in [3.8, 4) is 17.1 Å². The van der Waals surface area contributed by atoms with Crippen LogP contribution in [-0.2, 0) is 20.8 Å². The van der Waals surface area contributed by atoms with E-state index in [0.717, 1.165) is 22.3 Å². The molecule has 2 atom stereocenters. The molecular formula is C26H31N3O6. The molecule has 0 aliphatic carbocycles. The van der Waals surface area contributed by atoms with Crippen LogP contribution in [0.1, 0.15) is 44.1 Å². The van der Waals surface area contributed by atoms with E-state index in [9.17, 15) is 9.59 Å². The first-order valence-corrected chi connectivity index (χ1v) is 12.0. The van der Waals surface area contributed by atoms with Gasteiger partial charge in [-0.3, -0.25) is 9.48 Å². The van der Waals surface area contributed by atoms with Crippen LogP contribution in [0.3, 0.4) is 0 Å². The van der Waals surface area contributed by atoms with Crippen LogP contribution in [0.2, 0.25) is 0 Å². The molecule has 2 aromatic heterocycles. The molecule has 0 amide bonds. The van der Waals surface area contributed by atoms with Crippen molar-refractivity contribution >= 4 is 16.9 Å². The number of ether oxygens (including phenoxy) is 4. The minimum atomic E-state index is -0.603. The molecule has 5 rings (SSSR count). The number of fused-ring (bicyclic) bond motifs is 5. The van der Waals surface area contributed by atoms with E-state index in [1.165, 1.54) is 6.07 Å². The third kappa shape index (κ3) is 4.34. The molecule has 35 heavy (non-hydrogen) atoms. The number of benzene rings is 1. The van der Waals surface area contributed by atoms with Crippen LogP contribution < -0.4 is 10.2 Å². The zero-order valence-electron chi connectivity index (χ0n) is 20.6. The molecule has 0 N–H and O–H groups in total. The van der Waals surface area contributed by atoms with Crippen molar-refractivity contribution in [3.05, 3.63) is 46.2 Å². The Kier molecular flexibility index (Phi) is 6.14. The first-order valence-electron chi connectivity index (χ1n) is 12.0. The number of carbonyl (C=O) groups is 1. The van der Waals surface area contributed by atoms with Crippen LogP contribution in [-0.4, -0.2) is 59.5 Å². The van der Waals surface area contributed by atoms with E-state index < -0.39 is 5.97 Å². The molecule has 9 nitrogen and oxygen atoms in total. The summed E-state index contributed by atoms with van der Waals surface area (Å²) in [6.45, 7) is 11.0. The van der Waals surface area contributed by atoms with Crippen molar-refractivity contribution in [2.24, 2.45) is 5.41 Å². The molecule has 2 unspecified atom stereocenters. The quantitative estimate of drug-likeness (QED) is 0.516. The molecule has 4 heterocycles. The maximum Gasteiger partial charge on any atom is 0.343 e. The van der Waals surface area contributed by atoms with Crippen molar-refractivity contribution in [1.29, 1.82) is 0 Å². The summed E-state index contributed by atoms with van der Waals surface area (Å²) in [6.07, 6.45) is 1.52. The van der Waals surface area contributed by atoms with Crippen molar-refractivity contribution in [3.63, 3.8) is 0 Å². The van der Waals surface area contributed by atoms with Gasteiger partial charge in [0.2, 0.25) is 0 Å². The molecule has 1 saturated heterocycles. The zero-order chi connectivity index (χ0) is 24.7. The molecule has 0 radical (unpaired) electrons. The number of esters is 1. The normalized spacial score (nSPS) is 19.8. The van der Waals surface area contributed by atoms with Gasteiger partial charge in [-0.25, -0.2) is 4.79 Å². The summed E-state index contributed by atoms with van der Waals surface area (Å²) < 4.78 is 26.4. The Morgan fingerprint density at radius 2 is 2.09 bits per heavy atom. The lowest BCUT2D eigenvalue weighted by Gasteiger charge is -2.38. The summed E-state index contributed by atoms with van der Waals surface area (Å²) in [5.41, 5.74) is 1.78. The summed E-state index contributed by atoms with van der Waals surface area (Å²) in [6, 6.07) is 7.28. The predicted molar refractivity (Wildman–Crippen MR) is 130 cm³/mol. The van der Waals surface area contributed by atoms with E-state index in [4.69, 9.17) is 24.0 Å². The largest absolute Gasteiger partial charge is 0.488 e. The van der Waals surface area contributed by atoms with Crippen LogP contribution in [0.15, 0.2) is 35.3 Å².